The lowest BCUT2D eigenvalue weighted by molar-refractivity contribution is 0.0920. The van der Waals surface area contributed by atoms with Gasteiger partial charge in [0.25, 0.3) is 11.5 Å². The van der Waals surface area contributed by atoms with Crippen LogP contribution >= 0.6 is 0 Å². The van der Waals surface area contributed by atoms with Crippen LogP contribution in [0.2, 0.25) is 0 Å². The van der Waals surface area contributed by atoms with Crippen LogP contribution in [0, 0.1) is 0 Å². The molecule has 2 fully saturated rings. The molecule has 10 heteroatoms. The average molecular weight is 488 g/mol. The first-order chi connectivity index (χ1) is 17.5. The summed E-state index contributed by atoms with van der Waals surface area (Å²) in [5, 5.41) is 8.24. The SMILES string of the molecule is CCCn1ncc2cnc(C(=O)NC3(c4ccc(-c5cncn(C6CC(F)C6)c5=O)cc4)CC3)nc21. The van der Waals surface area contributed by atoms with Crippen molar-refractivity contribution in [2.24, 2.45) is 0 Å². The van der Waals surface area contributed by atoms with Crippen molar-refractivity contribution in [1.82, 2.24) is 34.6 Å². The molecule has 1 aromatic carbocycles. The fourth-order valence-corrected chi connectivity index (χ4v) is 4.84. The van der Waals surface area contributed by atoms with Gasteiger partial charge >= 0.3 is 0 Å². The van der Waals surface area contributed by atoms with E-state index in [2.05, 4.69) is 32.3 Å². The Kier molecular flexibility index (Phi) is 5.39. The van der Waals surface area contributed by atoms with Crippen LogP contribution in [0.1, 0.15) is 61.3 Å². The maximum Gasteiger partial charge on any atom is 0.289 e. The topological polar surface area (TPSA) is 108 Å². The summed E-state index contributed by atoms with van der Waals surface area (Å²) in [6.45, 7) is 2.78. The maximum atomic E-state index is 13.3. The molecule has 3 heterocycles. The predicted octanol–water partition coefficient (Wildman–Crippen LogP) is 3.55. The summed E-state index contributed by atoms with van der Waals surface area (Å²) in [6.07, 6.45) is 8.74. The second kappa shape index (κ2) is 8.61. The number of alkyl halides is 1. The third-order valence-corrected chi connectivity index (χ3v) is 7.18. The number of carbonyl (C=O) groups excluding carboxylic acids is 1. The molecule has 0 aliphatic heterocycles. The lowest BCUT2D eigenvalue weighted by Gasteiger charge is -2.31. The van der Waals surface area contributed by atoms with E-state index in [1.807, 2.05) is 24.3 Å². The summed E-state index contributed by atoms with van der Waals surface area (Å²) in [4.78, 5) is 38.9. The van der Waals surface area contributed by atoms with Crippen LogP contribution in [0.15, 0.2) is 54.0 Å². The largest absolute Gasteiger partial charge is 0.340 e. The molecule has 3 aromatic heterocycles. The van der Waals surface area contributed by atoms with Crippen molar-refractivity contribution >= 4 is 16.9 Å². The first-order valence-corrected chi connectivity index (χ1v) is 12.3. The molecular formula is C26H26FN7O2. The highest BCUT2D eigenvalue weighted by atomic mass is 19.1. The van der Waals surface area contributed by atoms with Crippen LogP contribution < -0.4 is 10.9 Å². The number of carbonyl (C=O) groups is 1. The van der Waals surface area contributed by atoms with E-state index >= 15 is 0 Å². The van der Waals surface area contributed by atoms with Gasteiger partial charge in [-0.1, -0.05) is 31.2 Å². The molecule has 2 aliphatic carbocycles. The number of nitrogens with zero attached hydrogens (tertiary/aromatic N) is 6. The van der Waals surface area contributed by atoms with Crippen molar-refractivity contribution < 1.29 is 9.18 Å². The average Bonchev–Trinajstić information content (AvgIpc) is 3.55. The van der Waals surface area contributed by atoms with Gasteiger partial charge in [0.1, 0.15) is 6.17 Å². The van der Waals surface area contributed by atoms with Gasteiger partial charge in [0.15, 0.2) is 5.65 Å². The lowest BCUT2D eigenvalue weighted by Crippen LogP contribution is -2.36. The molecule has 0 radical (unpaired) electrons. The van der Waals surface area contributed by atoms with Gasteiger partial charge in [-0.3, -0.25) is 14.2 Å². The fraction of sp³-hybridized carbons (Fsp3) is 0.385. The van der Waals surface area contributed by atoms with Gasteiger partial charge in [-0.15, -0.1) is 0 Å². The number of hydrogen-bond donors (Lipinski definition) is 1. The molecule has 6 rings (SSSR count). The molecule has 1 N–H and O–H groups in total. The van der Waals surface area contributed by atoms with Crippen molar-refractivity contribution in [2.75, 3.05) is 0 Å². The number of nitrogens with one attached hydrogen (secondary N) is 1. The quantitative estimate of drug-likeness (QED) is 0.427. The first kappa shape index (κ1) is 22.5. The Labute approximate surface area is 206 Å². The number of aryl methyl sites for hydroxylation is 1. The molecule has 0 bridgehead atoms. The van der Waals surface area contributed by atoms with Gasteiger partial charge in [0.2, 0.25) is 5.82 Å². The first-order valence-electron chi connectivity index (χ1n) is 12.3. The third-order valence-electron chi connectivity index (χ3n) is 7.18. The van der Waals surface area contributed by atoms with Crippen LogP contribution in [0.4, 0.5) is 4.39 Å². The number of aromatic nitrogens is 6. The number of rotatable bonds is 7. The maximum absolute atomic E-state index is 13.3. The van der Waals surface area contributed by atoms with Crippen molar-refractivity contribution in [1.29, 1.82) is 0 Å². The lowest BCUT2D eigenvalue weighted by atomic mass is 9.90. The highest BCUT2D eigenvalue weighted by Crippen LogP contribution is 2.46. The molecule has 9 nitrogen and oxygen atoms in total. The Morgan fingerprint density at radius 1 is 1.17 bits per heavy atom. The Bertz CT molecular complexity index is 1500. The minimum Gasteiger partial charge on any atom is -0.340 e. The van der Waals surface area contributed by atoms with Gasteiger partial charge in [0.05, 0.1) is 29.0 Å². The van der Waals surface area contributed by atoms with E-state index in [4.69, 9.17) is 0 Å². The standard InChI is InChI=1S/C26H26FN7O2/c1-2-9-34-23-17(13-30-34)12-29-22(31-23)24(35)32-26(7-8-26)18-5-3-16(4-6-18)21-14-28-15-33(25(21)36)20-10-19(27)11-20/h3-6,12-15,19-20H,2,7-11H2,1H3,(H,32,35). The number of halogens is 1. The normalized spacial score (nSPS) is 20.2. The molecule has 1 amide bonds. The van der Waals surface area contributed by atoms with Gasteiger partial charge < -0.3 is 5.32 Å². The number of benzene rings is 1. The molecule has 2 saturated carbocycles. The molecule has 0 spiro atoms. The van der Waals surface area contributed by atoms with E-state index in [0.29, 0.717) is 24.1 Å². The summed E-state index contributed by atoms with van der Waals surface area (Å²) in [7, 11) is 0. The zero-order chi connectivity index (χ0) is 24.9. The fourth-order valence-electron chi connectivity index (χ4n) is 4.84. The van der Waals surface area contributed by atoms with Gasteiger partial charge in [-0.05, 0) is 43.2 Å². The Balaban J connectivity index is 1.22. The van der Waals surface area contributed by atoms with Crippen molar-refractivity contribution in [3.63, 3.8) is 0 Å². The summed E-state index contributed by atoms with van der Waals surface area (Å²) in [6, 6.07) is 7.47. The molecule has 184 valence electrons. The molecular weight excluding hydrogens is 461 g/mol. The van der Waals surface area contributed by atoms with E-state index in [-0.39, 0.29) is 23.3 Å². The highest BCUT2D eigenvalue weighted by Gasteiger charge is 2.46. The van der Waals surface area contributed by atoms with Crippen molar-refractivity contribution in [3.8, 4) is 11.1 Å². The Morgan fingerprint density at radius 3 is 2.64 bits per heavy atom. The van der Waals surface area contributed by atoms with E-state index in [1.165, 1.54) is 10.9 Å². The highest BCUT2D eigenvalue weighted by molar-refractivity contribution is 5.93. The van der Waals surface area contributed by atoms with Crippen molar-refractivity contribution in [2.45, 2.75) is 63.3 Å². The Morgan fingerprint density at radius 2 is 1.94 bits per heavy atom. The zero-order valence-corrected chi connectivity index (χ0v) is 19.9. The Hall–Kier alpha value is -3.95. The van der Waals surface area contributed by atoms with E-state index in [9.17, 15) is 14.0 Å². The van der Waals surface area contributed by atoms with Crippen LogP contribution in [-0.2, 0) is 12.1 Å². The third kappa shape index (κ3) is 3.86. The molecule has 0 unspecified atom stereocenters. The number of amides is 1. The summed E-state index contributed by atoms with van der Waals surface area (Å²) in [5.41, 5.74) is 2.18. The molecule has 36 heavy (non-hydrogen) atoms. The van der Waals surface area contributed by atoms with Gasteiger partial charge in [-0.2, -0.15) is 5.10 Å². The van der Waals surface area contributed by atoms with E-state index in [0.717, 1.165) is 42.3 Å². The second-order valence-corrected chi connectivity index (χ2v) is 9.70. The molecule has 0 atom stereocenters. The molecule has 0 saturated heterocycles. The smallest absolute Gasteiger partial charge is 0.289 e. The number of fused-ring (bicyclic) bond motifs is 1. The minimum absolute atomic E-state index is 0.116. The van der Waals surface area contributed by atoms with Gasteiger partial charge in [-0.25, -0.2) is 24.0 Å². The summed E-state index contributed by atoms with van der Waals surface area (Å²) in [5.74, 6) is -0.213. The number of hydrogen-bond acceptors (Lipinski definition) is 6. The van der Waals surface area contributed by atoms with Crippen LogP contribution in [0.5, 0.6) is 0 Å². The second-order valence-electron chi connectivity index (χ2n) is 9.70. The van der Waals surface area contributed by atoms with Gasteiger partial charge in [0, 0.05) is 25.0 Å². The van der Waals surface area contributed by atoms with E-state index < -0.39 is 11.7 Å². The summed E-state index contributed by atoms with van der Waals surface area (Å²) >= 11 is 0. The zero-order valence-electron chi connectivity index (χ0n) is 19.9. The van der Waals surface area contributed by atoms with Crippen LogP contribution in [-0.4, -0.2) is 41.4 Å². The summed E-state index contributed by atoms with van der Waals surface area (Å²) < 4.78 is 16.6. The van der Waals surface area contributed by atoms with Crippen molar-refractivity contribution in [3.05, 3.63) is 70.9 Å². The molecule has 4 aromatic rings. The predicted molar refractivity (Wildman–Crippen MR) is 131 cm³/mol. The van der Waals surface area contributed by atoms with E-state index in [1.54, 1.807) is 23.3 Å². The molecule has 2 aliphatic rings. The monoisotopic (exact) mass is 487 g/mol. The van der Waals surface area contributed by atoms with Crippen LogP contribution in [0.25, 0.3) is 22.2 Å². The van der Waals surface area contributed by atoms with Crippen LogP contribution in [0.3, 0.4) is 0 Å². The minimum atomic E-state index is -0.847.